The third-order valence-electron chi connectivity index (χ3n) is 14.4. The Morgan fingerprint density at radius 3 is 1.85 bits per heavy atom. The topological polar surface area (TPSA) is 8.17 Å². The van der Waals surface area contributed by atoms with E-state index >= 15 is 0 Å². The fourth-order valence-electron chi connectivity index (χ4n) is 11.2. The Morgan fingerprint density at radius 2 is 0.970 bits per heavy atom. The first-order valence-electron chi connectivity index (χ1n) is 23.3. The van der Waals surface area contributed by atoms with Gasteiger partial charge in [-0.1, -0.05) is 196 Å². The van der Waals surface area contributed by atoms with Crippen LogP contribution in [0.15, 0.2) is 243 Å². The Kier molecular flexibility index (Phi) is 8.91. The largest absolute Gasteiger partial charge is 0.310 e. The number of nitrogens with zero attached hydrogens (tertiary/aromatic N) is 2. The van der Waals surface area contributed by atoms with Gasteiger partial charge < -0.3 is 9.47 Å². The number of hydrogen-bond acceptors (Lipinski definition) is 1. The number of rotatable bonds is 7. The third-order valence-corrected chi connectivity index (χ3v) is 14.4. The molecule has 0 bridgehead atoms. The molecule has 0 aliphatic heterocycles. The molecule has 12 aromatic rings. The van der Waals surface area contributed by atoms with Crippen LogP contribution in [0.4, 0.5) is 17.1 Å². The molecule has 2 nitrogen and oxygen atoms in total. The van der Waals surface area contributed by atoms with Crippen molar-refractivity contribution in [2.45, 2.75) is 19.3 Å². The van der Waals surface area contributed by atoms with E-state index in [1.54, 1.807) is 0 Å². The van der Waals surface area contributed by atoms with Crippen molar-refractivity contribution in [1.29, 1.82) is 0 Å². The first kappa shape index (κ1) is 39.0. The van der Waals surface area contributed by atoms with Crippen LogP contribution in [0.2, 0.25) is 0 Å². The van der Waals surface area contributed by atoms with Crippen LogP contribution in [0.1, 0.15) is 25.0 Å². The van der Waals surface area contributed by atoms with Gasteiger partial charge >= 0.3 is 0 Å². The number of hydrogen-bond donors (Lipinski definition) is 0. The van der Waals surface area contributed by atoms with Crippen molar-refractivity contribution in [3.8, 4) is 50.2 Å². The van der Waals surface area contributed by atoms with E-state index in [0.29, 0.717) is 0 Å². The predicted octanol–water partition coefficient (Wildman–Crippen LogP) is 17.9. The molecule has 13 rings (SSSR count). The van der Waals surface area contributed by atoms with Gasteiger partial charge in [-0.3, -0.25) is 0 Å². The molecule has 1 aliphatic rings. The average molecular weight is 855 g/mol. The molecule has 1 aromatic heterocycles. The van der Waals surface area contributed by atoms with E-state index in [4.69, 9.17) is 0 Å². The summed E-state index contributed by atoms with van der Waals surface area (Å²) in [7, 11) is 0. The van der Waals surface area contributed by atoms with Gasteiger partial charge in [0.2, 0.25) is 0 Å². The Bertz CT molecular complexity index is 3890. The second-order valence-electron chi connectivity index (χ2n) is 18.5. The van der Waals surface area contributed by atoms with Gasteiger partial charge in [0.05, 0.1) is 16.7 Å². The summed E-state index contributed by atoms with van der Waals surface area (Å²) in [5.41, 5.74) is 19.3. The summed E-state index contributed by atoms with van der Waals surface area (Å²) in [4.78, 5) is 2.46. The summed E-state index contributed by atoms with van der Waals surface area (Å²) in [6, 6.07) is 89.5. The van der Waals surface area contributed by atoms with Crippen molar-refractivity contribution in [2.24, 2.45) is 0 Å². The molecule has 0 amide bonds. The lowest BCUT2D eigenvalue weighted by atomic mass is 9.81. The summed E-state index contributed by atoms with van der Waals surface area (Å²) in [5, 5.41) is 7.55. The molecular formula is C65H46N2. The maximum Gasteiger partial charge on any atom is 0.0547 e. The molecule has 0 atom stereocenters. The van der Waals surface area contributed by atoms with Crippen molar-refractivity contribution in [3.05, 3.63) is 254 Å². The molecule has 0 fully saturated rings. The van der Waals surface area contributed by atoms with Crippen molar-refractivity contribution in [2.75, 3.05) is 4.90 Å². The van der Waals surface area contributed by atoms with Crippen LogP contribution in [0.3, 0.4) is 0 Å². The quantitative estimate of drug-likeness (QED) is 0.145. The van der Waals surface area contributed by atoms with Gasteiger partial charge in [0.15, 0.2) is 0 Å². The van der Waals surface area contributed by atoms with Gasteiger partial charge in [0, 0.05) is 38.8 Å². The second kappa shape index (κ2) is 15.3. The summed E-state index contributed by atoms with van der Waals surface area (Å²) >= 11 is 0. The van der Waals surface area contributed by atoms with E-state index < -0.39 is 0 Å². The Labute approximate surface area is 391 Å². The van der Waals surface area contributed by atoms with E-state index in [1.807, 2.05) is 0 Å². The Morgan fingerprint density at radius 1 is 0.343 bits per heavy atom. The highest BCUT2D eigenvalue weighted by molar-refractivity contribution is 6.16. The Balaban J connectivity index is 0.984. The zero-order chi connectivity index (χ0) is 44.6. The van der Waals surface area contributed by atoms with Gasteiger partial charge in [-0.25, -0.2) is 0 Å². The molecular weight excluding hydrogens is 809 g/mol. The van der Waals surface area contributed by atoms with Gasteiger partial charge in [0.25, 0.3) is 0 Å². The highest BCUT2D eigenvalue weighted by atomic mass is 15.1. The second-order valence-corrected chi connectivity index (χ2v) is 18.5. The van der Waals surface area contributed by atoms with Crippen molar-refractivity contribution in [1.82, 2.24) is 4.57 Å². The molecule has 0 N–H and O–H groups in total. The fraction of sp³-hybridized carbons (Fsp3) is 0.0462. The lowest BCUT2D eigenvalue weighted by Gasteiger charge is -2.29. The standard InChI is InChI=1S/C65H46N2/c1-65(2)59-29-11-8-24-56(59)57-40-36-46(42-60(57)65)52-23-9-12-30-61(52)66(49-21-14-18-45(41-49)51-26-15-28-54-50-22-7-6-17-43(50)35-39-55(51)54)48-37-33-44(34-38-48)53-27-16-32-63-64(53)58-25-10-13-31-62(58)67(63)47-19-4-3-5-20-47/h3-42H,1-2H3. The molecule has 316 valence electrons. The maximum absolute atomic E-state index is 2.46. The van der Waals surface area contributed by atoms with E-state index in [1.165, 1.54) is 99.0 Å². The zero-order valence-corrected chi connectivity index (χ0v) is 37.5. The molecule has 67 heavy (non-hydrogen) atoms. The van der Waals surface area contributed by atoms with Crippen molar-refractivity contribution in [3.63, 3.8) is 0 Å². The number of benzene rings is 11. The number of para-hydroxylation sites is 3. The number of aromatic nitrogens is 1. The van der Waals surface area contributed by atoms with Gasteiger partial charge in [0.1, 0.15) is 0 Å². The fourth-order valence-corrected chi connectivity index (χ4v) is 11.2. The van der Waals surface area contributed by atoms with E-state index in [-0.39, 0.29) is 5.41 Å². The highest BCUT2D eigenvalue weighted by Gasteiger charge is 2.35. The first-order chi connectivity index (χ1) is 33.0. The minimum absolute atomic E-state index is 0.110. The van der Waals surface area contributed by atoms with E-state index in [9.17, 15) is 0 Å². The SMILES string of the molecule is CC1(C)c2ccccc2-c2ccc(-c3ccccc3N(c3ccc(-c4cccc5c4c4ccccc4n5-c4ccccc4)cc3)c3cccc(-c4cccc5c4ccc4ccccc45)c3)cc21. The molecule has 0 radical (unpaired) electrons. The van der Waals surface area contributed by atoms with Crippen LogP contribution in [-0.2, 0) is 5.41 Å². The van der Waals surface area contributed by atoms with E-state index in [2.05, 4.69) is 266 Å². The highest BCUT2D eigenvalue weighted by Crippen LogP contribution is 2.51. The van der Waals surface area contributed by atoms with Gasteiger partial charge in [-0.2, -0.15) is 0 Å². The summed E-state index contributed by atoms with van der Waals surface area (Å²) in [6.45, 7) is 4.73. The summed E-state index contributed by atoms with van der Waals surface area (Å²) < 4.78 is 2.39. The summed E-state index contributed by atoms with van der Waals surface area (Å²) in [5.74, 6) is 0. The monoisotopic (exact) mass is 854 g/mol. The smallest absolute Gasteiger partial charge is 0.0547 e. The Hall–Kier alpha value is -8.46. The third kappa shape index (κ3) is 6.18. The van der Waals surface area contributed by atoms with Crippen LogP contribution in [0, 0.1) is 0 Å². The average Bonchev–Trinajstić information content (AvgIpc) is 3.85. The predicted molar refractivity (Wildman–Crippen MR) is 284 cm³/mol. The maximum atomic E-state index is 2.46. The van der Waals surface area contributed by atoms with Crippen LogP contribution in [0.5, 0.6) is 0 Å². The molecule has 2 heteroatoms. The van der Waals surface area contributed by atoms with Gasteiger partial charge in [-0.05, 0) is 132 Å². The molecule has 1 aliphatic carbocycles. The van der Waals surface area contributed by atoms with E-state index in [0.717, 1.165) is 22.7 Å². The summed E-state index contributed by atoms with van der Waals surface area (Å²) in [6.07, 6.45) is 0. The van der Waals surface area contributed by atoms with Crippen LogP contribution < -0.4 is 4.90 Å². The molecule has 0 saturated carbocycles. The van der Waals surface area contributed by atoms with Gasteiger partial charge in [-0.15, -0.1) is 0 Å². The normalized spacial score (nSPS) is 12.7. The van der Waals surface area contributed by atoms with Crippen molar-refractivity contribution >= 4 is 60.4 Å². The molecule has 1 heterocycles. The molecule has 11 aromatic carbocycles. The first-order valence-corrected chi connectivity index (χ1v) is 23.3. The lowest BCUT2D eigenvalue weighted by molar-refractivity contribution is 0.660. The molecule has 0 spiro atoms. The van der Waals surface area contributed by atoms with Crippen LogP contribution in [0.25, 0.3) is 93.5 Å². The number of anilines is 3. The molecule has 0 saturated heterocycles. The minimum Gasteiger partial charge on any atom is -0.310 e. The molecule has 0 unspecified atom stereocenters. The lowest BCUT2D eigenvalue weighted by Crippen LogP contribution is -2.15. The van der Waals surface area contributed by atoms with Crippen LogP contribution in [-0.4, -0.2) is 4.57 Å². The van der Waals surface area contributed by atoms with Crippen molar-refractivity contribution < 1.29 is 0 Å². The minimum atomic E-state index is -0.110. The number of fused-ring (bicyclic) bond motifs is 9. The zero-order valence-electron chi connectivity index (χ0n) is 37.5. The van der Waals surface area contributed by atoms with Crippen LogP contribution >= 0.6 is 0 Å².